The molecule has 0 spiro atoms. The lowest BCUT2D eigenvalue weighted by Gasteiger charge is -2.32. The van der Waals surface area contributed by atoms with E-state index in [-0.39, 0.29) is 12.2 Å². The molecular formula is C25H28FNO2. The minimum Gasteiger partial charge on any atom is -0.386 e. The van der Waals surface area contributed by atoms with E-state index in [1.807, 2.05) is 50.2 Å². The molecular weight excluding hydrogens is 365 g/mol. The lowest BCUT2D eigenvalue weighted by Crippen LogP contribution is -2.29. The Morgan fingerprint density at radius 2 is 1.93 bits per heavy atom. The van der Waals surface area contributed by atoms with E-state index in [2.05, 4.69) is 4.98 Å². The second-order valence-electron chi connectivity index (χ2n) is 8.95. The summed E-state index contributed by atoms with van der Waals surface area (Å²) >= 11 is 0. The van der Waals surface area contributed by atoms with Gasteiger partial charge in [0.05, 0.1) is 11.5 Å². The number of fused-ring (bicyclic) bond motifs is 3. The van der Waals surface area contributed by atoms with Crippen molar-refractivity contribution < 1.29 is 14.3 Å². The number of hydrogen-bond donors (Lipinski definition) is 2. The first kappa shape index (κ1) is 19.8. The van der Waals surface area contributed by atoms with Crippen molar-refractivity contribution in [2.24, 2.45) is 0 Å². The van der Waals surface area contributed by atoms with Crippen molar-refractivity contribution >= 4 is 16.7 Å². The van der Waals surface area contributed by atoms with Gasteiger partial charge in [-0.2, -0.15) is 0 Å². The highest BCUT2D eigenvalue weighted by Crippen LogP contribution is 2.48. The van der Waals surface area contributed by atoms with Crippen molar-refractivity contribution in [1.29, 1.82) is 0 Å². The zero-order chi connectivity index (χ0) is 21.1. The fourth-order valence-electron chi connectivity index (χ4n) is 4.72. The van der Waals surface area contributed by atoms with Crippen LogP contribution in [-0.2, 0) is 10.4 Å². The van der Waals surface area contributed by atoms with Gasteiger partial charge in [-0.1, -0.05) is 30.3 Å². The summed E-state index contributed by atoms with van der Waals surface area (Å²) in [7, 11) is 0. The molecule has 3 nitrogen and oxygen atoms in total. The number of alkyl halides is 1. The number of aromatic amines is 1. The van der Waals surface area contributed by atoms with Gasteiger partial charge >= 0.3 is 0 Å². The SMILES string of the molecule is CC(=O)C1CC(F)[C@@H](c2cccc(C)c2C)c2c1[nH]c1cc(C(C)(C)O)ccc21. The number of rotatable bonds is 3. The molecule has 0 aliphatic heterocycles. The molecule has 0 radical (unpaired) electrons. The summed E-state index contributed by atoms with van der Waals surface area (Å²) in [4.78, 5) is 15.8. The molecule has 2 N–H and O–H groups in total. The van der Waals surface area contributed by atoms with Crippen LogP contribution < -0.4 is 0 Å². The number of aryl methyl sites for hydroxylation is 1. The van der Waals surface area contributed by atoms with Gasteiger partial charge in [-0.15, -0.1) is 0 Å². The maximum atomic E-state index is 15.6. The van der Waals surface area contributed by atoms with Crippen LogP contribution in [0.5, 0.6) is 0 Å². The summed E-state index contributed by atoms with van der Waals surface area (Å²) in [6.07, 6.45) is -0.948. The van der Waals surface area contributed by atoms with E-state index in [0.29, 0.717) is 0 Å². The Bertz CT molecular complexity index is 1110. The molecule has 0 bridgehead atoms. The Morgan fingerprint density at radius 1 is 1.21 bits per heavy atom. The van der Waals surface area contributed by atoms with Gasteiger partial charge in [0.2, 0.25) is 0 Å². The van der Waals surface area contributed by atoms with Crippen molar-refractivity contribution in [3.63, 3.8) is 0 Å². The number of carbonyl (C=O) groups is 1. The van der Waals surface area contributed by atoms with Crippen LogP contribution in [0.3, 0.4) is 0 Å². The van der Waals surface area contributed by atoms with Gasteiger partial charge in [0.15, 0.2) is 0 Å². The zero-order valence-electron chi connectivity index (χ0n) is 17.6. The quantitative estimate of drug-likeness (QED) is 0.612. The minimum absolute atomic E-state index is 0.0254. The molecule has 3 aromatic rings. The lowest BCUT2D eigenvalue weighted by molar-refractivity contribution is -0.119. The number of hydrogen-bond acceptors (Lipinski definition) is 2. The fourth-order valence-corrected chi connectivity index (χ4v) is 4.72. The number of aromatic nitrogens is 1. The number of nitrogens with one attached hydrogen (secondary N) is 1. The van der Waals surface area contributed by atoms with Gasteiger partial charge in [0, 0.05) is 22.5 Å². The Balaban J connectivity index is 2.01. The average molecular weight is 394 g/mol. The largest absolute Gasteiger partial charge is 0.386 e. The third-order valence-electron chi connectivity index (χ3n) is 6.53. The van der Waals surface area contributed by atoms with Crippen molar-refractivity contribution in [3.05, 3.63) is 69.9 Å². The summed E-state index contributed by atoms with van der Waals surface area (Å²) in [5, 5.41) is 11.3. The number of benzene rings is 2. The molecule has 2 aromatic carbocycles. The van der Waals surface area contributed by atoms with Gasteiger partial charge in [-0.25, -0.2) is 4.39 Å². The van der Waals surface area contributed by atoms with Crippen LogP contribution in [0, 0.1) is 13.8 Å². The van der Waals surface area contributed by atoms with E-state index in [0.717, 1.165) is 44.4 Å². The highest BCUT2D eigenvalue weighted by Gasteiger charge is 2.41. The third-order valence-corrected chi connectivity index (χ3v) is 6.53. The van der Waals surface area contributed by atoms with Gasteiger partial charge in [-0.05, 0) is 74.9 Å². The van der Waals surface area contributed by atoms with Crippen molar-refractivity contribution in [3.8, 4) is 0 Å². The second-order valence-corrected chi connectivity index (χ2v) is 8.95. The molecule has 1 aliphatic carbocycles. The van der Waals surface area contributed by atoms with Crippen LogP contribution in [0.15, 0.2) is 36.4 Å². The number of ketones is 1. The topological polar surface area (TPSA) is 53.1 Å². The zero-order valence-corrected chi connectivity index (χ0v) is 17.6. The first-order chi connectivity index (χ1) is 13.6. The Hall–Kier alpha value is -2.46. The Morgan fingerprint density at radius 3 is 2.59 bits per heavy atom. The molecule has 0 fully saturated rings. The van der Waals surface area contributed by atoms with E-state index >= 15 is 4.39 Å². The molecule has 1 heterocycles. The van der Waals surface area contributed by atoms with Crippen LogP contribution >= 0.6 is 0 Å². The molecule has 152 valence electrons. The molecule has 29 heavy (non-hydrogen) atoms. The predicted octanol–water partition coefficient (Wildman–Crippen LogP) is 5.56. The van der Waals surface area contributed by atoms with Gasteiger partial charge < -0.3 is 10.1 Å². The van der Waals surface area contributed by atoms with Crippen LogP contribution in [0.2, 0.25) is 0 Å². The summed E-state index contributed by atoms with van der Waals surface area (Å²) in [6, 6.07) is 11.8. The smallest absolute Gasteiger partial charge is 0.138 e. The average Bonchev–Trinajstić information content (AvgIpc) is 3.01. The fraction of sp³-hybridized carbons (Fsp3) is 0.400. The van der Waals surface area contributed by atoms with Crippen LogP contribution in [-0.4, -0.2) is 22.0 Å². The number of carbonyl (C=O) groups excluding carboxylic acids is 1. The predicted molar refractivity (Wildman–Crippen MR) is 114 cm³/mol. The minimum atomic E-state index is -1.13. The molecule has 4 rings (SSSR count). The molecule has 0 saturated heterocycles. The highest BCUT2D eigenvalue weighted by atomic mass is 19.1. The van der Waals surface area contributed by atoms with Crippen LogP contribution in [0.25, 0.3) is 10.9 Å². The first-order valence-electron chi connectivity index (χ1n) is 10.2. The monoisotopic (exact) mass is 393 g/mol. The summed E-state index contributed by atoms with van der Waals surface area (Å²) < 4.78 is 15.6. The van der Waals surface area contributed by atoms with Crippen molar-refractivity contribution in [1.82, 2.24) is 4.98 Å². The molecule has 2 unspecified atom stereocenters. The van der Waals surface area contributed by atoms with E-state index in [4.69, 9.17) is 0 Å². The number of Topliss-reactive ketones (excluding diaryl/α,β-unsaturated/α-hetero) is 1. The first-order valence-corrected chi connectivity index (χ1v) is 10.2. The maximum absolute atomic E-state index is 15.6. The summed E-state index contributed by atoms with van der Waals surface area (Å²) in [5.74, 6) is -0.913. The standard InChI is InChI=1S/C25H28FNO2/c1-13-7-6-8-17(14(13)2)22-20(26)12-19(15(3)28)24-23(22)18-10-9-16(25(4,5)29)11-21(18)27-24/h6-11,19-20,22,27,29H,12H2,1-5H3/t19?,20?,22-/m1/s1. The summed E-state index contributed by atoms with van der Waals surface area (Å²) in [6.45, 7) is 9.10. The molecule has 0 amide bonds. The number of H-pyrrole nitrogens is 1. The molecule has 3 atom stereocenters. The van der Waals surface area contributed by atoms with Crippen molar-refractivity contribution in [2.75, 3.05) is 0 Å². The maximum Gasteiger partial charge on any atom is 0.138 e. The third kappa shape index (κ3) is 3.20. The Kier molecular flexibility index (Phi) is 4.66. The van der Waals surface area contributed by atoms with E-state index in [1.165, 1.54) is 6.92 Å². The normalized spacial score (nSPS) is 22.0. The highest BCUT2D eigenvalue weighted by molar-refractivity contribution is 5.92. The van der Waals surface area contributed by atoms with Crippen LogP contribution in [0.4, 0.5) is 4.39 Å². The van der Waals surface area contributed by atoms with E-state index in [1.54, 1.807) is 13.8 Å². The van der Waals surface area contributed by atoms with Crippen molar-refractivity contribution in [2.45, 2.75) is 64.6 Å². The summed E-state index contributed by atoms with van der Waals surface area (Å²) in [5.41, 5.74) is 5.55. The lowest BCUT2D eigenvalue weighted by atomic mass is 9.72. The number of aliphatic hydroxyl groups is 1. The van der Waals surface area contributed by atoms with Gasteiger partial charge in [-0.3, -0.25) is 4.79 Å². The second kappa shape index (κ2) is 6.81. The van der Waals surface area contributed by atoms with E-state index in [9.17, 15) is 9.90 Å². The molecule has 1 aromatic heterocycles. The molecule has 0 saturated carbocycles. The van der Waals surface area contributed by atoms with E-state index < -0.39 is 23.6 Å². The van der Waals surface area contributed by atoms with Crippen LogP contribution in [0.1, 0.15) is 72.5 Å². The van der Waals surface area contributed by atoms with Gasteiger partial charge in [0.1, 0.15) is 12.0 Å². The Labute approximate surface area is 171 Å². The number of halogens is 1. The molecule has 1 aliphatic rings. The van der Waals surface area contributed by atoms with Gasteiger partial charge in [0.25, 0.3) is 0 Å². The molecule has 4 heteroatoms.